The minimum Gasteiger partial charge on any atom is -0.375 e. The van der Waals surface area contributed by atoms with Crippen LogP contribution >= 0.6 is 0 Å². The first-order chi connectivity index (χ1) is 8.65. The average molecular weight is 287 g/mol. The van der Waals surface area contributed by atoms with Gasteiger partial charge in [0.2, 0.25) is 0 Å². The summed E-state index contributed by atoms with van der Waals surface area (Å²) in [6.45, 7) is 6.26. The van der Waals surface area contributed by atoms with Gasteiger partial charge in [-0.25, -0.2) is 8.78 Å². The van der Waals surface area contributed by atoms with Crippen LogP contribution in [0.15, 0.2) is 0 Å². The van der Waals surface area contributed by atoms with Gasteiger partial charge in [0.05, 0.1) is 19.3 Å². The Morgan fingerprint density at radius 1 is 1.42 bits per heavy atom. The third-order valence-electron chi connectivity index (χ3n) is 3.17. The Morgan fingerprint density at radius 2 is 2.05 bits per heavy atom. The normalized spacial score (nSPS) is 24.9. The maximum absolute atomic E-state index is 12.6. The van der Waals surface area contributed by atoms with E-state index in [1.165, 1.54) is 0 Å². The van der Waals surface area contributed by atoms with Gasteiger partial charge in [-0.15, -0.1) is 0 Å². The van der Waals surface area contributed by atoms with Crippen LogP contribution in [0.2, 0.25) is 0 Å². The summed E-state index contributed by atoms with van der Waals surface area (Å²) in [7, 11) is 0. The van der Waals surface area contributed by atoms with E-state index in [4.69, 9.17) is 4.74 Å². The first-order valence-corrected chi connectivity index (χ1v) is 6.25. The number of rotatable bonds is 6. The predicted octanol–water partition coefficient (Wildman–Crippen LogP) is 2.40. The zero-order chi connectivity index (χ0) is 14.7. The molecule has 1 saturated heterocycles. The summed E-state index contributed by atoms with van der Waals surface area (Å²) in [5.41, 5.74) is -0.207. The molecular formula is C12H21F4NO2. The van der Waals surface area contributed by atoms with E-state index in [2.05, 4.69) is 9.64 Å². The quantitative estimate of drug-likeness (QED) is 0.553. The number of halogens is 4. The lowest BCUT2D eigenvalue weighted by atomic mass is 10.0. The Hall–Kier alpha value is -0.400. The molecule has 7 heteroatoms. The van der Waals surface area contributed by atoms with Crippen molar-refractivity contribution in [2.24, 2.45) is 0 Å². The highest BCUT2D eigenvalue weighted by molar-refractivity contribution is 4.86. The van der Waals surface area contributed by atoms with Crippen molar-refractivity contribution in [1.82, 2.24) is 4.90 Å². The molecule has 1 atom stereocenters. The second-order valence-corrected chi connectivity index (χ2v) is 5.49. The fourth-order valence-electron chi connectivity index (χ4n) is 1.89. The van der Waals surface area contributed by atoms with Crippen molar-refractivity contribution in [3.63, 3.8) is 0 Å². The fourth-order valence-corrected chi connectivity index (χ4v) is 1.89. The Labute approximate surface area is 110 Å². The SMILES string of the molecule is C[C@H]1CN(CCOCC(F)(F)C(F)F)C(C)(C)CO1. The predicted molar refractivity (Wildman–Crippen MR) is 62.8 cm³/mol. The largest absolute Gasteiger partial charge is 0.375 e. The molecule has 0 bridgehead atoms. The molecular weight excluding hydrogens is 266 g/mol. The van der Waals surface area contributed by atoms with Crippen LogP contribution in [0, 0.1) is 0 Å². The molecule has 0 unspecified atom stereocenters. The first-order valence-electron chi connectivity index (χ1n) is 6.25. The molecule has 0 aromatic heterocycles. The summed E-state index contributed by atoms with van der Waals surface area (Å²) in [5.74, 6) is -4.08. The third-order valence-corrected chi connectivity index (χ3v) is 3.17. The maximum Gasteiger partial charge on any atom is 0.330 e. The minimum atomic E-state index is -4.08. The molecule has 0 aromatic rings. The minimum absolute atomic E-state index is 0.00153. The Balaban J connectivity index is 2.32. The molecule has 3 nitrogen and oxygen atoms in total. The van der Waals surface area contributed by atoms with E-state index in [1.807, 2.05) is 20.8 Å². The molecule has 1 rings (SSSR count). The van der Waals surface area contributed by atoms with Gasteiger partial charge in [-0.05, 0) is 20.8 Å². The monoisotopic (exact) mass is 287 g/mol. The molecule has 0 N–H and O–H groups in total. The molecule has 0 radical (unpaired) electrons. The molecule has 1 aliphatic rings. The highest BCUT2D eigenvalue weighted by Crippen LogP contribution is 2.24. The number of ether oxygens (including phenoxy) is 2. The van der Waals surface area contributed by atoms with E-state index >= 15 is 0 Å². The van der Waals surface area contributed by atoms with Gasteiger partial charge in [-0.3, -0.25) is 4.90 Å². The molecule has 1 heterocycles. The molecule has 19 heavy (non-hydrogen) atoms. The van der Waals surface area contributed by atoms with Crippen molar-refractivity contribution in [2.45, 2.75) is 44.8 Å². The van der Waals surface area contributed by atoms with E-state index in [9.17, 15) is 17.6 Å². The van der Waals surface area contributed by atoms with Gasteiger partial charge in [0.15, 0.2) is 0 Å². The molecule has 0 saturated carbocycles. The van der Waals surface area contributed by atoms with Crippen LogP contribution in [0.25, 0.3) is 0 Å². The summed E-state index contributed by atoms with van der Waals surface area (Å²) < 4.78 is 59.3. The van der Waals surface area contributed by atoms with Crippen LogP contribution in [-0.2, 0) is 9.47 Å². The number of hydrogen-bond donors (Lipinski definition) is 0. The zero-order valence-corrected chi connectivity index (χ0v) is 11.5. The van der Waals surface area contributed by atoms with Crippen molar-refractivity contribution in [1.29, 1.82) is 0 Å². The topological polar surface area (TPSA) is 21.7 Å². The van der Waals surface area contributed by atoms with Crippen LogP contribution in [0.3, 0.4) is 0 Å². The van der Waals surface area contributed by atoms with Gasteiger partial charge >= 0.3 is 12.3 Å². The molecule has 1 aliphatic heterocycles. The van der Waals surface area contributed by atoms with E-state index < -0.39 is 19.0 Å². The van der Waals surface area contributed by atoms with Gasteiger partial charge in [0.25, 0.3) is 0 Å². The van der Waals surface area contributed by atoms with Crippen LogP contribution in [0.4, 0.5) is 17.6 Å². The first kappa shape index (κ1) is 16.7. The molecule has 0 spiro atoms. The van der Waals surface area contributed by atoms with Gasteiger partial charge < -0.3 is 9.47 Å². The zero-order valence-electron chi connectivity index (χ0n) is 11.5. The highest BCUT2D eigenvalue weighted by Gasteiger charge is 2.41. The number of morpholine rings is 1. The third kappa shape index (κ3) is 4.89. The number of nitrogens with zero attached hydrogens (tertiary/aromatic N) is 1. The standard InChI is InChI=1S/C12H21F4NO2/c1-9-6-17(11(2,3)7-19-9)4-5-18-8-12(15,16)10(13)14/h9-10H,4-8H2,1-3H3/t9-/m0/s1. The number of hydrogen-bond acceptors (Lipinski definition) is 3. The van der Waals surface area contributed by atoms with Crippen molar-refractivity contribution >= 4 is 0 Å². The molecule has 1 fully saturated rings. The molecule has 0 aromatic carbocycles. The fraction of sp³-hybridized carbons (Fsp3) is 1.00. The van der Waals surface area contributed by atoms with Gasteiger partial charge in [-0.2, -0.15) is 8.78 Å². The summed E-state index contributed by atoms with van der Waals surface area (Å²) in [4.78, 5) is 2.06. The summed E-state index contributed by atoms with van der Waals surface area (Å²) >= 11 is 0. The second kappa shape index (κ2) is 6.37. The van der Waals surface area contributed by atoms with Crippen molar-refractivity contribution in [3.8, 4) is 0 Å². The molecule has 114 valence electrons. The summed E-state index contributed by atoms with van der Waals surface area (Å²) in [5, 5.41) is 0. The van der Waals surface area contributed by atoms with Crippen LogP contribution in [0.1, 0.15) is 20.8 Å². The lowest BCUT2D eigenvalue weighted by Gasteiger charge is -2.44. The van der Waals surface area contributed by atoms with Gasteiger partial charge in [-0.1, -0.05) is 0 Å². The van der Waals surface area contributed by atoms with E-state index in [-0.39, 0.29) is 18.2 Å². The average Bonchev–Trinajstić information content (AvgIpc) is 2.29. The van der Waals surface area contributed by atoms with Crippen molar-refractivity contribution in [3.05, 3.63) is 0 Å². The van der Waals surface area contributed by atoms with Gasteiger partial charge in [0, 0.05) is 18.6 Å². The van der Waals surface area contributed by atoms with E-state index in [0.717, 1.165) is 0 Å². The molecule has 0 aliphatic carbocycles. The van der Waals surface area contributed by atoms with Crippen LogP contribution < -0.4 is 0 Å². The second-order valence-electron chi connectivity index (χ2n) is 5.49. The lowest BCUT2D eigenvalue weighted by Crippen LogP contribution is -2.56. The van der Waals surface area contributed by atoms with Crippen LogP contribution in [-0.4, -0.2) is 61.8 Å². The summed E-state index contributed by atoms with van der Waals surface area (Å²) in [6.07, 6.45) is -3.62. The Bertz CT molecular complexity index is 287. The Morgan fingerprint density at radius 3 is 2.63 bits per heavy atom. The number of alkyl halides is 4. The van der Waals surface area contributed by atoms with Crippen molar-refractivity contribution < 1.29 is 27.0 Å². The van der Waals surface area contributed by atoms with E-state index in [1.54, 1.807) is 0 Å². The Kier molecular flexibility index (Phi) is 5.58. The van der Waals surface area contributed by atoms with Crippen LogP contribution in [0.5, 0.6) is 0 Å². The van der Waals surface area contributed by atoms with Gasteiger partial charge in [0.1, 0.15) is 6.61 Å². The van der Waals surface area contributed by atoms with E-state index in [0.29, 0.717) is 19.7 Å². The maximum atomic E-state index is 12.6. The highest BCUT2D eigenvalue weighted by atomic mass is 19.3. The van der Waals surface area contributed by atoms with Crippen molar-refractivity contribution in [2.75, 3.05) is 32.9 Å². The smallest absolute Gasteiger partial charge is 0.330 e. The summed E-state index contributed by atoms with van der Waals surface area (Å²) in [6, 6.07) is 0. The lowest BCUT2D eigenvalue weighted by molar-refractivity contribution is -0.169. The molecule has 0 amide bonds.